The van der Waals surface area contributed by atoms with Gasteiger partial charge in [0.05, 0.1) is 5.56 Å². The topological polar surface area (TPSA) is 9.23 Å². The Morgan fingerprint density at radius 1 is 0.826 bits per heavy atom. The SMILES string of the molecule is FC(F)(F)Oc1ccc(-c2cc(CBr)cc(C(F)(F)F)c2)cc1. The van der Waals surface area contributed by atoms with Gasteiger partial charge in [-0.15, -0.1) is 13.2 Å². The maximum Gasteiger partial charge on any atom is 0.573 e. The first-order valence-corrected chi connectivity index (χ1v) is 7.34. The summed E-state index contributed by atoms with van der Waals surface area (Å²) in [6.45, 7) is 0. The zero-order valence-corrected chi connectivity index (χ0v) is 12.9. The molecule has 0 fully saturated rings. The van der Waals surface area contributed by atoms with E-state index in [1.807, 2.05) is 0 Å². The fourth-order valence-corrected chi connectivity index (χ4v) is 2.27. The van der Waals surface area contributed by atoms with Gasteiger partial charge in [0.15, 0.2) is 0 Å². The van der Waals surface area contributed by atoms with Crippen LogP contribution in [0.1, 0.15) is 11.1 Å². The molecule has 0 aliphatic heterocycles. The molecule has 0 saturated carbocycles. The molecule has 8 heteroatoms. The number of rotatable bonds is 3. The predicted octanol–water partition coefficient (Wildman–Crippen LogP) is 6.17. The van der Waals surface area contributed by atoms with E-state index in [0.29, 0.717) is 11.1 Å². The van der Waals surface area contributed by atoms with Gasteiger partial charge in [0, 0.05) is 5.33 Å². The van der Waals surface area contributed by atoms with Crippen LogP contribution in [0.2, 0.25) is 0 Å². The molecule has 2 aromatic rings. The van der Waals surface area contributed by atoms with Gasteiger partial charge in [0.1, 0.15) is 5.75 Å². The van der Waals surface area contributed by atoms with Gasteiger partial charge in [-0.2, -0.15) is 13.2 Å². The molecule has 0 amide bonds. The van der Waals surface area contributed by atoms with Gasteiger partial charge in [-0.25, -0.2) is 0 Å². The van der Waals surface area contributed by atoms with Crippen molar-refractivity contribution in [2.45, 2.75) is 17.9 Å². The van der Waals surface area contributed by atoms with Crippen LogP contribution in [0.25, 0.3) is 11.1 Å². The van der Waals surface area contributed by atoms with Gasteiger partial charge >= 0.3 is 12.5 Å². The number of benzene rings is 2. The second-order valence-electron chi connectivity index (χ2n) is 4.62. The molecule has 0 unspecified atom stereocenters. The van der Waals surface area contributed by atoms with Gasteiger partial charge in [-0.3, -0.25) is 0 Å². The lowest BCUT2D eigenvalue weighted by atomic mass is 10.00. The van der Waals surface area contributed by atoms with E-state index in [4.69, 9.17) is 0 Å². The van der Waals surface area contributed by atoms with E-state index in [-0.39, 0.29) is 10.9 Å². The summed E-state index contributed by atoms with van der Waals surface area (Å²) in [6, 6.07) is 8.14. The highest BCUT2D eigenvalue weighted by molar-refractivity contribution is 9.08. The Balaban J connectivity index is 2.38. The van der Waals surface area contributed by atoms with Crippen molar-refractivity contribution in [1.82, 2.24) is 0 Å². The molecule has 0 aliphatic carbocycles. The van der Waals surface area contributed by atoms with Crippen molar-refractivity contribution in [3.63, 3.8) is 0 Å². The predicted molar refractivity (Wildman–Crippen MR) is 76.2 cm³/mol. The molecule has 1 nitrogen and oxygen atoms in total. The fourth-order valence-electron chi connectivity index (χ4n) is 1.95. The third-order valence-corrected chi connectivity index (χ3v) is 3.54. The first kappa shape index (κ1) is 17.7. The lowest BCUT2D eigenvalue weighted by Gasteiger charge is -2.12. The zero-order chi connectivity index (χ0) is 17.3. The molecule has 0 spiro atoms. The smallest absolute Gasteiger partial charge is 0.406 e. The van der Waals surface area contributed by atoms with Crippen molar-refractivity contribution >= 4 is 15.9 Å². The fraction of sp³-hybridized carbons (Fsp3) is 0.200. The second-order valence-corrected chi connectivity index (χ2v) is 5.18. The van der Waals surface area contributed by atoms with Crippen molar-refractivity contribution < 1.29 is 31.1 Å². The van der Waals surface area contributed by atoms with E-state index in [2.05, 4.69) is 20.7 Å². The summed E-state index contributed by atoms with van der Waals surface area (Å²) in [5.74, 6) is -0.436. The minimum Gasteiger partial charge on any atom is -0.406 e. The van der Waals surface area contributed by atoms with Gasteiger partial charge in [0.25, 0.3) is 0 Å². The van der Waals surface area contributed by atoms with Crippen molar-refractivity contribution in [2.75, 3.05) is 0 Å². The molecular formula is C15H9BrF6O. The highest BCUT2D eigenvalue weighted by atomic mass is 79.9. The Kier molecular flexibility index (Phi) is 4.93. The number of hydrogen-bond donors (Lipinski definition) is 0. The van der Waals surface area contributed by atoms with Crippen LogP contribution in [0.4, 0.5) is 26.3 Å². The van der Waals surface area contributed by atoms with Crippen molar-refractivity contribution in [3.05, 3.63) is 53.6 Å². The standard InChI is InChI=1S/C15H9BrF6O/c16-8-9-5-11(7-12(6-9)14(17,18)19)10-1-3-13(4-2-10)23-15(20,21)22/h1-7H,8H2. The highest BCUT2D eigenvalue weighted by Crippen LogP contribution is 2.34. The minimum absolute atomic E-state index is 0.221. The minimum atomic E-state index is -4.82. The zero-order valence-electron chi connectivity index (χ0n) is 11.3. The van der Waals surface area contributed by atoms with E-state index in [1.165, 1.54) is 18.2 Å². The monoisotopic (exact) mass is 398 g/mol. The maximum atomic E-state index is 12.9. The summed E-state index contributed by atoms with van der Waals surface area (Å²) >= 11 is 3.10. The Bertz CT molecular complexity index is 676. The van der Waals surface area contributed by atoms with Gasteiger partial charge in [-0.1, -0.05) is 34.1 Å². The highest BCUT2D eigenvalue weighted by Gasteiger charge is 2.32. The molecule has 0 atom stereocenters. The normalized spacial score (nSPS) is 12.3. The molecule has 0 heterocycles. The molecule has 0 aliphatic rings. The van der Waals surface area contributed by atoms with Crippen LogP contribution in [-0.4, -0.2) is 6.36 Å². The first-order chi connectivity index (χ1) is 10.6. The van der Waals surface area contributed by atoms with Crippen molar-refractivity contribution in [3.8, 4) is 16.9 Å². The first-order valence-electron chi connectivity index (χ1n) is 6.22. The number of halogens is 7. The lowest BCUT2D eigenvalue weighted by molar-refractivity contribution is -0.274. The molecule has 0 aromatic heterocycles. The molecule has 2 aromatic carbocycles. The van der Waals surface area contributed by atoms with Gasteiger partial charge in [-0.05, 0) is 41.0 Å². The average molecular weight is 399 g/mol. The van der Waals surface area contributed by atoms with Crippen molar-refractivity contribution in [1.29, 1.82) is 0 Å². The summed E-state index contributed by atoms with van der Waals surface area (Å²) in [5, 5.41) is 0.221. The molecule has 23 heavy (non-hydrogen) atoms. The molecule has 0 bridgehead atoms. The Morgan fingerprint density at radius 2 is 1.43 bits per heavy atom. The summed E-state index contributed by atoms with van der Waals surface area (Å²) < 4.78 is 78.7. The van der Waals surface area contributed by atoms with Crippen LogP contribution in [0.3, 0.4) is 0 Å². The van der Waals surface area contributed by atoms with Crippen LogP contribution < -0.4 is 4.74 Å². The van der Waals surface area contributed by atoms with E-state index >= 15 is 0 Å². The third-order valence-electron chi connectivity index (χ3n) is 2.90. The van der Waals surface area contributed by atoms with Crippen molar-refractivity contribution in [2.24, 2.45) is 0 Å². The molecule has 0 saturated heterocycles. The average Bonchev–Trinajstić information content (AvgIpc) is 2.45. The molecule has 2 rings (SSSR count). The summed E-state index contributed by atoms with van der Waals surface area (Å²) in [6.07, 6.45) is -9.33. The Hall–Kier alpha value is -1.70. The Labute approximate surface area is 136 Å². The van der Waals surface area contributed by atoms with E-state index < -0.39 is 23.9 Å². The molecular weight excluding hydrogens is 390 g/mol. The second kappa shape index (κ2) is 6.43. The molecule has 0 N–H and O–H groups in total. The Morgan fingerprint density at radius 3 is 1.91 bits per heavy atom. The van der Waals surface area contributed by atoms with Gasteiger partial charge in [0.2, 0.25) is 0 Å². The summed E-state index contributed by atoms with van der Waals surface area (Å²) in [5.41, 5.74) is 0.200. The van der Waals surface area contributed by atoms with Crippen LogP contribution >= 0.6 is 15.9 Å². The maximum absolute atomic E-state index is 12.9. The van der Waals surface area contributed by atoms with E-state index in [9.17, 15) is 26.3 Å². The summed E-state index contributed by atoms with van der Waals surface area (Å²) in [4.78, 5) is 0. The third kappa shape index (κ3) is 4.89. The van der Waals surface area contributed by atoms with Crippen LogP contribution in [-0.2, 0) is 11.5 Å². The molecule has 124 valence electrons. The van der Waals surface area contributed by atoms with E-state index in [1.54, 1.807) is 0 Å². The van der Waals surface area contributed by atoms with Gasteiger partial charge < -0.3 is 4.74 Å². The largest absolute Gasteiger partial charge is 0.573 e. The summed E-state index contributed by atoms with van der Waals surface area (Å²) in [7, 11) is 0. The van der Waals surface area contributed by atoms with Crippen LogP contribution in [0.15, 0.2) is 42.5 Å². The van der Waals surface area contributed by atoms with Crippen LogP contribution in [0.5, 0.6) is 5.75 Å². The van der Waals surface area contributed by atoms with Crippen LogP contribution in [0, 0.1) is 0 Å². The number of ether oxygens (including phenoxy) is 1. The van der Waals surface area contributed by atoms with E-state index in [0.717, 1.165) is 24.3 Å². The molecule has 0 radical (unpaired) electrons. The lowest BCUT2D eigenvalue weighted by Crippen LogP contribution is -2.16. The number of hydrogen-bond acceptors (Lipinski definition) is 1. The quantitative estimate of drug-likeness (QED) is 0.444. The number of alkyl halides is 7.